The lowest BCUT2D eigenvalue weighted by Gasteiger charge is -2.35. The number of aromatic amines is 1. The Morgan fingerprint density at radius 3 is 2.96 bits per heavy atom. The second-order valence-electron chi connectivity index (χ2n) is 7.94. The maximum Gasteiger partial charge on any atom is 0.257 e. The Hall–Kier alpha value is -1.89. The summed E-state index contributed by atoms with van der Waals surface area (Å²) in [7, 11) is 0. The minimum absolute atomic E-state index is 0.0457. The van der Waals surface area contributed by atoms with Crippen LogP contribution in [-0.2, 0) is 4.74 Å². The van der Waals surface area contributed by atoms with Gasteiger partial charge in [0.1, 0.15) is 5.56 Å². The van der Waals surface area contributed by atoms with Crippen molar-refractivity contribution in [3.63, 3.8) is 0 Å². The van der Waals surface area contributed by atoms with Gasteiger partial charge >= 0.3 is 0 Å². The van der Waals surface area contributed by atoms with E-state index in [2.05, 4.69) is 15.2 Å². The van der Waals surface area contributed by atoms with Crippen molar-refractivity contribution in [2.75, 3.05) is 19.7 Å². The number of hydrogen-bond acceptors (Lipinski definition) is 4. The van der Waals surface area contributed by atoms with Crippen molar-refractivity contribution >= 4 is 28.4 Å². The van der Waals surface area contributed by atoms with Gasteiger partial charge in [-0.25, -0.2) is 0 Å². The molecule has 0 spiro atoms. The average molecular weight is 388 g/mol. The molecule has 27 heavy (non-hydrogen) atoms. The molecule has 0 radical (unpaired) electrons. The van der Waals surface area contributed by atoms with Gasteiger partial charge in [-0.3, -0.25) is 14.5 Å². The smallest absolute Gasteiger partial charge is 0.257 e. The summed E-state index contributed by atoms with van der Waals surface area (Å²) in [6, 6.07) is 5.40. The van der Waals surface area contributed by atoms with Crippen molar-refractivity contribution in [2.45, 2.75) is 37.5 Å². The molecule has 2 N–H and O–H groups in total. The first-order chi connectivity index (χ1) is 13.1. The van der Waals surface area contributed by atoms with Crippen LogP contribution in [0.3, 0.4) is 0 Å². The molecule has 1 saturated carbocycles. The Morgan fingerprint density at radius 2 is 2.15 bits per heavy atom. The largest absolute Gasteiger partial charge is 0.375 e. The number of nitrogens with one attached hydrogen (secondary N) is 2. The molecule has 3 heterocycles. The number of amides is 1. The van der Waals surface area contributed by atoms with E-state index in [1.807, 2.05) is 0 Å². The Kier molecular flexibility index (Phi) is 4.22. The normalized spacial score (nSPS) is 28.3. The van der Waals surface area contributed by atoms with Gasteiger partial charge in [-0.15, -0.1) is 0 Å². The van der Waals surface area contributed by atoms with E-state index >= 15 is 0 Å². The molecular weight excluding hydrogens is 366 g/mol. The van der Waals surface area contributed by atoms with E-state index in [-0.39, 0.29) is 22.9 Å². The van der Waals surface area contributed by atoms with E-state index in [4.69, 9.17) is 16.3 Å². The fraction of sp³-hybridized carbons (Fsp3) is 0.500. The lowest BCUT2D eigenvalue weighted by Crippen LogP contribution is -2.47. The predicted molar refractivity (Wildman–Crippen MR) is 103 cm³/mol. The number of benzene rings is 1. The summed E-state index contributed by atoms with van der Waals surface area (Å²) >= 11 is 5.96. The summed E-state index contributed by atoms with van der Waals surface area (Å²) in [4.78, 5) is 30.8. The van der Waals surface area contributed by atoms with Crippen LogP contribution in [0.15, 0.2) is 29.2 Å². The standard InChI is InChI=1S/C20H22ClN3O3/c21-12-3-4-15-17(5-12)22-7-16(19(15)25)20(26)23-13-6-14-10-27-18(11-1-2-11)9-24(14)8-13/h3-5,7,11,13-14,18H,1-2,6,8-10H2,(H,22,25)(H,23,26)/t13-,14-,18-/m0/s1. The second kappa shape index (κ2) is 6.62. The summed E-state index contributed by atoms with van der Waals surface area (Å²) < 4.78 is 6.01. The lowest BCUT2D eigenvalue weighted by molar-refractivity contribution is -0.0581. The Morgan fingerprint density at radius 1 is 1.30 bits per heavy atom. The van der Waals surface area contributed by atoms with Gasteiger partial charge in [0.15, 0.2) is 0 Å². The van der Waals surface area contributed by atoms with Crippen LogP contribution in [0.1, 0.15) is 29.6 Å². The van der Waals surface area contributed by atoms with Crippen LogP contribution in [0.5, 0.6) is 0 Å². The molecule has 0 unspecified atom stereocenters. The SMILES string of the molecule is O=C(N[C@H]1C[C@H]2CO[C@H](C3CC3)CN2C1)c1c[nH]c2cc(Cl)ccc2c1=O. The molecule has 1 amide bonds. The summed E-state index contributed by atoms with van der Waals surface area (Å²) in [6.45, 7) is 2.52. The number of carbonyl (C=O) groups excluding carboxylic acids is 1. The number of aromatic nitrogens is 1. The fourth-order valence-corrected chi connectivity index (χ4v) is 4.56. The maximum absolute atomic E-state index is 12.7. The molecule has 2 aliphatic heterocycles. The molecule has 1 aliphatic carbocycles. The van der Waals surface area contributed by atoms with Gasteiger partial charge in [0.05, 0.1) is 18.2 Å². The Bertz CT molecular complexity index is 955. The lowest BCUT2D eigenvalue weighted by atomic mass is 10.1. The van der Waals surface area contributed by atoms with Crippen LogP contribution in [-0.4, -0.2) is 53.7 Å². The summed E-state index contributed by atoms with van der Waals surface area (Å²) in [5.74, 6) is 0.405. The van der Waals surface area contributed by atoms with E-state index < -0.39 is 0 Å². The molecule has 0 bridgehead atoms. The molecular formula is C20H22ClN3O3. The minimum atomic E-state index is -0.322. The molecule has 1 aromatic carbocycles. The molecule has 2 aromatic rings. The highest BCUT2D eigenvalue weighted by atomic mass is 35.5. The zero-order valence-electron chi connectivity index (χ0n) is 14.9. The number of nitrogens with zero attached hydrogens (tertiary/aromatic N) is 1. The molecule has 6 nitrogen and oxygen atoms in total. The third-order valence-corrected chi connectivity index (χ3v) is 6.25. The highest BCUT2D eigenvalue weighted by Gasteiger charge is 2.42. The van der Waals surface area contributed by atoms with Crippen LogP contribution >= 0.6 is 11.6 Å². The van der Waals surface area contributed by atoms with Gasteiger partial charge in [-0.2, -0.15) is 0 Å². The first kappa shape index (κ1) is 17.2. The number of halogens is 1. The Labute approximate surface area is 161 Å². The zero-order chi connectivity index (χ0) is 18.5. The zero-order valence-corrected chi connectivity index (χ0v) is 15.7. The third-order valence-electron chi connectivity index (χ3n) is 6.02. The van der Waals surface area contributed by atoms with Gasteiger partial charge in [0, 0.05) is 41.8 Å². The number of hydrogen-bond donors (Lipinski definition) is 2. The van der Waals surface area contributed by atoms with E-state index in [1.54, 1.807) is 18.2 Å². The maximum atomic E-state index is 12.7. The molecule has 3 aliphatic rings. The van der Waals surface area contributed by atoms with Crippen LogP contribution in [0, 0.1) is 5.92 Å². The molecule has 3 atom stereocenters. The second-order valence-corrected chi connectivity index (χ2v) is 8.38. The highest BCUT2D eigenvalue weighted by molar-refractivity contribution is 6.31. The number of pyridine rings is 1. The summed E-state index contributed by atoms with van der Waals surface area (Å²) in [5, 5.41) is 4.06. The van der Waals surface area contributed by atoms with Crippen molar-refractivity contribution in [3.05, 3.63) is 45.2 Å². The van der Waals surface area contributed by atoms with E-state index in [0.29, 0.717) is 28.1 Å². The van der Waals surface area contributed by atoms with Crippen molar-refractivity contribution in [1.29, 1.82) is 0 Å². The van der Waals surface area contributed by atoms with Crippen molar-refractivity contribution < 1.29 is 9.53 Å². The van der Waals surface area contributed by atoms with Crippen LogP contribution in [0.2, 0.25) is 5.02 Å². The van der Waals surface area contributed by atoms with Gasteiger partial charge in [-0.05, 0) is 43.4 Å². The number of fused-ring (bicyclic) bond motifs is 2. The van der Waals surface area contributed by atoms with Crippen LogP contribution < -0.4 is 10.7 Å². The minimum Gasteiger partial charge on any atom is -0.375 e. The Balaban J connectivity index is 1.29. The van der Waals surface area contributed by atoms with E-state index in [9.17, 15) is 9.59 Å². The van der Waals surface area contributed by atoms with Crippen LogP contribution in [0.25, 0.3) is 10.9 Å². The molecule has 7 heteroatoms. The molecule has 1 aromatic heterocycles. The third kappa shape index (κ3) is 3.26. The van der Waals surface area contributed by atoms with Gasteiger partial charge in [0.25, 0.3) is 5.91 Å². The average Bonchev–Trinajstić information content (AvgIpc) is 3.41. The monoisotopic (exact) mass is 387 g/mol. The number of carbonyl (C=O) groups is 1. The van der Waals surface area contributed by atoms with E-state index in [1.165, 1.54) is 19.0 Å². The fourth-order valence-electron chi connectivity index (χ4n) is 4.38. The van der Waals surface area contributed by atoms with E-state index in [0.717, 1.165) is 32.0 Å². The first-order valence-electron chi connectivity index (χ1n) is 9.56. The number of morpholine rings is 1. The summed E-state index contributed by atoms with van der Waals surface area (Å²) in [5.41, 5.74) is 0.498. The number of H-pyrrole nitrogens is 1. The van der Waals surface area contributed by atoms with Crippen LogP contribution in [0.4, 0.5) is 0 Å². The molecule has 142 valence electrons. The topological polar surface area (TPSA) is 74.4 Å². The van der Waals surface area contributed by atoms with Crippen molar-refractivity contribution in [1.82, 2.24) is 15.2 Å². The van der Waals surface area contributed by atoms with Gasteiger partial charge < -0.3 is 15.0 Å². The predicted octanol–water partition coefficient (Wildman–Crippen LogP) is 2.16. The number of ether oxygens (including phenoxy) is 1. The molecule has 5 rings (SSSR count). The van der Waals surface area contributed by atoms with Crippen molar-refractivity contribution in [2.24, 2.45) is 5.92 Å². The molecule has 2 saturated heterocycles. The van der Waals surface area contributed by atoms with Gasteiger partial charge in [-0.1, -0.05) is 11.6 Å². The molecule has 3 fully saturated rings. The van der Waals surface area contributed by atoms with Gasteiger partial charge in [0.2, 0.25) is 5.43 Å². The summed E-state index contributed by atoms with van der Waals surface area (Å²) in [6.07, 6.45) is 5.25. The quantitative estimate of drug-likeness (QED) is 0.846. The van der Waals surface area contributed by atoms with Crippen molar-refractivity contribution in [3.8, 4) is 0 Å². The number of rotatable bonds is 3. The highest BCUT2D eigenvalue weighted by Crippen LogP contribution is 2.37. The first-order valence-corrected chi connectivity index (χ1v) is 9.94.